The van der Waals surface area contributed by atoms with Crippen molar-refractivity contribution in [2.45, 2.75) is 26.7 Å². The fraction of sp³-hybridized carbons (Fsp3) is 0.438. The van der Waals surface area contributed by atoms with Gasteiger partial charge in [-0.3, -0.25) is 9.48 Å². The van der Waals surface area contributed by atoms with Crippen LogP contribution in [0.5, 0.6) is 0 Å². The van der Waals surface area contributed by atoms with Gasteiger partial charge in [0.2, 0.25) is 0 Å². The minimum absolute atomic E-state index is 0.0931. The quantitative estimate of drug-likeness (QED) is 0.793. The number of hydrogen-bond donors (Lipinski definition) is 0. The highest BCUT2D eigenvalue weighted by molar-refractivity contribution is 5.77. The number of ether oxygens (including phenoxy) is 1. The van der Waals surface area contributed by atoms with Crippen LogP contribution in [0.25, 0.3) is 11.4 Å². The first-order valence-electron chi connectivity index (χ1n) is 7.17. The van der Waals surface area contributed by atoms with Gasteiger partial charge in [-0.2, -0.15) is 5.10 Å². The predicted octanol–water partition coefficient (Wildman–Crippen LogP) is 2.78. The molecule has 1 aromatic carbocycles. The van der Waals surface area contributed by atoms with E-state index < -0.39 is 5.92 Å². The molecule has 0 saturated carbocycles. The molecule has 1 atom stereocenters. The highest BCUT2D eigenvalue weighted by atomic mass is 16.5. The average Bonchev–Trinajstić information content (AvgIpc) is 2.82. The van der Waals surface area contributed by atoms with E-state index in [1.165, 1.54) is 0 Å². The van der Waals surface area contributed by atoms with Crippen LogP contribution >= 0.6 is 0 Å². The molecule has 2 rings (SSSR count). The molecule has 5 heteroatoms. The van der Waals surface area contributed by atoms with Gasteiger partial charge in [-0.25, -0.2) is 4.98 Å². The molecular formula is C16H21N3O2. The first kappa shape index (κ1) is 15.2. The second-order valence-corrected chi connectivity index (χ2v) is 5.26. The number of rotatable bonds is 5. The summed E-state index contributed by atoms with van der Waals surface area (Å²) < 4.78 is 6.84. The van der Waals surface area contributed by atoms with Crippen LogP contribution in [-0.4, -0.2) is 27.3 Å². The number of carbonyl (C=O) groups is 1. The maximum absolute atomic E-state index is 12.2. The van der Waals surface area contributed by atoms with Crippen LogP contribution in [0, 0.1) is 5.92 Å². The maximum atomic E-state index is 12.2. The third-order valence-corrected chi connectivity index (χ3v) is 3.31. The number of nitrogens with zero attached hydrogens (tertiary/aromatic N) is 3. The molecule has 0 aliphatic heterocycles. The molecule has 5 nitrogen and oxygen atoms in total. The average molecular weight is 287 g/mol. The second kappa shape index (κ2) is 6.52. The SMILES string of the molecule is CCOC(=O)C(c1nc(-c2ccccc2)nn1C)C(C)C. The summed E-state index contributed by atoms with van der Waals surface area (Å²) in [6.45, 7) is 6.14. The van der Waals surface area contributed by atoms with Crippen molar-refractivity contribution in [3.05, 3.63) is 36.2 Å². The number of benzene rings is 1. The van der Waals surface area contributed by atoms with E-state index in [-0.39, 0.29) is 11.9 Å². The lowest BCUT2D eigenvalue weighted by molar-refractivity contribution is -0.146. The topological polar surface area (TPSA) is 57.0 Å². The maximum Gasteiger partial charge on any atom is 0.316 e. The molecule has 0 bridgehead atoms. The lowest BCUT2D eigenvalue weighted by Crippen LogP contribution is -2.24. The van der Waals surface area contributed by atoms with Crippen molar-refractivity contribution in [1.29, 1.82) is 0 Å². The van der Waals surface area contributed by atoms with Gasteiger partial charge in [-0.15, -0.1) is 0 Å². The molecule has 21 heavy (non-hydrogen) atoms. The molecule has 1 aromatic heterocycles. The van der Waals surface area contributed by atoms with Crippen LogP contribution < -0.4 is 0 Å². The Bertz CT molecular complexity index is 605. The third kappa shape index (κ3) is 3.29. The molecule has 0 N–H and O–H groups in total. The van der Waals surface area contributed by atoms with Crippen molar-refractivity contribution in [3.8, 4) is 11.4 Å². The van der Waals surface area contributed by atoms with Gasteiger partial charge < -0.3 is 4.74 Å². The molecule has 0 aliphatic carbocycles. The zero-order valence-electron chi connectivity index (χ0n) is 12.9. The third-order valence-electron chi connectivity index (χ3n) is 3.31. The van der Waals surface area contributed by atoms with E-state index in [2.05, 4.69) is 10.1 Å². The predicted molar refractivity (Wildman–Crippen MR) is 80.7 cm³/mol. The zero-order chi connectivity index (χ0) is 15.4. The number of hydrogen-bond acceptors (Lipinski definition) is 4. The Labute approximate surface area is 125 Å². The first-order chi connectivity index (χ1) is 10.0. The molecule has 1 heterocycles. The molecule has 1 unspecified atom stereocenters. The molecule has 112 valence electrons. The number of aryl methyl sites for hydroxylation is 1. The Morgan fingerprint density at radius 3 is 2.52 bits per heavy atom. The smallest absolute Gasteiger partial charge is 0.316 e. The Kier molecular flexibility index (Phi) is 4.73. The fourth-order valence-electron chi connectivity index (χ4n) is 2.28. The van der Waals surface area contributed by atoms with Gasteiger partial charge in [-0.1, -0.05) is 44.2 Å². The van der Waals surface area contributed by atoms with Gasteiger partial charge in [0.25, 0.3) is 0 Å². The normalized spacial score (nSPS) is 12.4. The van der Waals surface area contributed by atoms with Gasteiger partial charge in [0.1, 0.15) is 11.7 Å². The number of carbonyl (C=O) groups excluding carboxylic acids is 1. The van der Waals surface area contributed by atoms with Gasteiger partial charge in [0, 0.05) is 12.6 Å². The number of esters is 1. The fourth-order valence-corrected chi connectivity index (χ4v) is 2.28. The second-order valence-electron chi connectivity index (χ2n) is 5.26. The lowest BCUT2D eigenvalue weighted by Gasteiger charge is -2.17. The van der Waals surface area contributed by atoms with Crippen molar-refractivity contribution in [2.24, 2.45) is 13.0 Å². The summed E-state index contributed by atoms with van der Waals surface area (Å²) in [6, 6.07) is 9.73. The molecule has 0 aliphatic rings. The Balaban J connectivity index is 2.39. The summed E-state index contributed by atoms with van der Waals surface area (Å²) in [5, 5.41) is 4.42. The summed E-state index contributed by atoms with van der Waals surface area (Å²) in [4.78, 5) is 16.7. The van der Waals surface area contributed by atoms with Gasteiger partial charge in [0.15, 0.2) is 5.82 Å². The Morgan fingerprint density at radius 2 is 1.95 bits per heavy atom. The summed E-state index contributed by atoms with van der Waals surface area (Å²) in [7, 11) is 1.81. The minimum Gasteiger partial charge on any atom is -0.465 e. The standard InChI is InChI=1S/C16H21N3O2/c1-5-21-16(20)13(11(2)3)15-17-14(18-19(15)4)12-9-7-6-8-10-12/h6-11,13H,5H2,1-4H3. The van der Waals surface area contributed by atoms with E-state index >= 15 is 0 Å². The van der Waals surface area contributed by atoms with Crippen LogP contribution in [0.3, 0.4) is 0 Å². The van der Waals surface area contributed by atoms with Gasteiger partial charge in [0.05, 0.1) is 6.61 Å². The molecule has 0 radical (unpaired) electrons. The molecule has 0 spiro atoms. The highest BCUT2D eigenvalue weighted by Crippen LogP contribution is 2.26. The number of aromatic nitrogens is 3. The van der Waals surface area contributed by atoms with Crippen LogP contribution in [0.1, 0.15) is 32.5 Å². The Morgan fingerprint density at radius 1 is 1.29 bits per heavy atom. The van der Waals surface area contributed by atoms with Crippen LogP contribution in [-0.2, 0) is 16.6 Å². The van der Waals surface area contributed by atoms with E-state index in [0.717, 1.165) is 5.56 Å². The Hall–Kier alpha value is -2.17. The van der Waals surface area contributed by atoms with Crippen molar-refractivity contribution in [3.63, 3.8) is 0 Å². The molecule has 0 amide bonds. The minimum atomic E-state index is -0.403. The lowest BCUT2D eigenvalue weighted by atomic mass is 9.95. The van der Waals surface area contributed by atoms with Crippen LogP contribution in [0.4, 0.5) is 0 Å². The monoisotopic (exact) mass is 287 g/mol. The van der Waals surface area contributed by atoms with Gasteiger partial charge in [-0.05, 0) is 12.8 Å². The van der Waals surface area contributed by atoms with E-state index in [1.54, 1.807) is 11.6 Å². The summed E-state index contributed by atoms with van der Waals surface area (Å²) in [5.74, 6) is 0.712. The summed E-state index contributed by atoms with van der Waals surface area (Å²) in [5.41, 5.74) is 0.936. The van der Waals surface area contributed by atoms with E-state index in [4.69, 9.17) is 4.74 Å². The van der Waals surface area contributed by atoms with Gasteiger partial charge >= 0.3 is 5.97 Å². The largest absolute Gasteiger partial charge is 0.465 e. The first-order valence-corrected chi connectivity index (χ1v) is 7.17. The van der Waals surface area contributed by atoms with E-state index in [9.17, 15) is 4.79 Å². The molecular weight excluding hydrogens is 266 g/mol. The van der Waals surface area contributed by atoms with Crippen molar-refractivity contribution < 1.29 is 9.53 Å². The molecule has 0 saturated heterocycles. The van der Waals surface area contributed by atoms with E-state index in [0.29, 0.717) is 18.3 Å². The zero-order valence-corrected chi connectivity index (χ0v) is 12.9. The summed E-state index contributed by atoms with van der Waals surface area (Å²) in [6.07, 6.45) is 0. The van der Waals surface area contributed by atoms with Crippen molar-refractivity contribution >= 4 is 5.97 Å². The molecule has 0 fully saturated rings. The van der Waals surface area contributed by atoms with Crippen LogP contribution in [0.2, 0.25) is 0 Å². The van der Waals surface area contributed by atoms with E-state index in [1.807, 2.05) is 51.2 Å². The molecule has 2 aromatic rings. The van der Waals surface area contributed by atoms with Crippen molar-refractivity contribution in [1.82, 2.24) is 14.8 Å². The van der Waals surface area contributed by atoms with Crippen LogP contribution in [0.15, 0.2) is 30.3 Å². The van der Waals surface area contributed by atoms with Crippen molar-refractivity contribution in [2.75, 3.05) is 6.61 Å². The highest BCUT2D eigenvalue weighted by Gasteiger charge is 2.30. The summed E-state index contributed by atoms with van der Waals surface area (Å²) >= 11 is 0.